The Balaban J connectivity index is 1.65. The van der Waals surface area contributed by atoms with Gasteiger partial charge in [-0.1, -0.05) is 42.5 Å². The fourth-order valence-corrected chi connectivity index (χ4v) is 3.44. The molecule has 0 atom stereocenters. The van der Waals surface area contributed by atoms with Gasteiger partial charge in [-0.3, -0.25) is 4.79 Å². The highest BCUT2D eigenvalue weighted by Crippen LogP contribution is 2.43. The first kappa shape index (κ1) is 21.1. The Bertz CT molecular complexity index is 1160. The average molecular weight is 430 g/mol. The van der Waals surface area contributed by atoms with Gasteiger partial charge in [-0.2, -0.15) is 0 Å². The van der Waals surface area contributed by atoms with Crippen LogP contribution in [-0.4, -0.2) is 27.2 Å². The zero-order valence-electron chi connectivity index (χ0n) is 18.0. The molecule has 1 aliphatic rings. The molecule has 7 heteroatoms. The number of rotatable bonds is 8. The largest absolute Gasteiger partial charge is 0.493 e. The number of hydrogen-bond donors (Lipinski definition) is 0. The third-order valence-corrected chi connectivity index (χ3v) is 5.02. The molecule has 0 aliphatic carbocycles. The zero-order valence-corrected chi connectivity index (χ0v) is 18.0. The average Bonchev–Trinajstić information content (AvgIpc) is 3.24. The monoisotopic (exact) mass is 430 g/mol. The van der Waals surface area contributed by atoms with Gasteiger partial charge in [0.1, 0.15) is 18.1 Å². The molecule has 1 heterocycles. The van der Waals surface area contributed by atoms with Gasteiger partial charge in [-0.15, -0.1) is 10.2 Å². The number of hydrogen-bond acceptors (Lipinski definition) is 6. The molecular formula is C25H22N2O5. The highest BCUT2D eigenvalue weighted by molar-refractivity contribution is 6.29. The smallest absolute Gasteiger partial charge is 0.298 e. The number of carbonyl (C=O) groups excluding carboxylic acids is 1. The van der Waals surface area contributed by atoms with Crippen molar-refractivity contribution in [3.05, 3.63) is 83.4 Å². The Morgan fingerprint density at radius 1 is 0.750 bits per heavy atom. The van der Waals surface area contributed by atoms with Gasteiger partial charge in [-0.25, -0.2) is 0 Å². The quantitative estimate of drug-likeness (QED) is 0.494. The lowest BCUT2D eigenvalue weighted by Gasteiger charge is -2.14. The Morgan fingerprint density at radius 3 is 2.00 bits per heavy atom. The van der Waals surface area contributed by atoms with Crippen molar-refractivity contribution < 1.29 is 23.7 Å². The van der Waals surface area contributed by atoms with Gasteiger partial charge >= 0.3 is 0 Å². The summed E-state index contributed by atoms with van der Waals surface area (Å²) >= 11 is 0. The number of azo groups is 1. The lowest BCUT2D eigenvalue weighted by molar-refractivity contribution is -0.112. The van der Waals surface area contributed by atoms with Crippen LogP contribution in [0.1, 0.15) is 16.7 Å². The summed E-state index contributed by atoms with van der Waals surface area (Å²) in [5.74, 6) is 1.68. The molecule has 3 aromatic rings. The van der Waals surface area contributed by atoms with Gasteiger partial charge in [0.2, 0.25) is 5.75 Å². The first-order valence-electron chi connectivity index (χ1n) is 9.92. The van der Waals surface area contributed by atoms with Gasteiger partial charge in [0.15, 0.2) is 11.5 Å². The van der Waals surface area contributed by atoms with E-state index in [0.717, 1.165) is 5.56 Å². The molecule has 0 saturated heterocycles. The molecule has 0 N–H and O–H groups in total. The Hall–Kier alpha value is -4.13. The van der Waals surface area contributed by atoms with E-state index in [1.165, 1.54) is 21.3 Å². The first-order chi connectivity index (χ1) is 15.6. The minimum absolute atomic E-state index is 0.397. The lowest BCUT2D eigenvalue weighted by atomic mass is 9.99. The van der Waals surface area contributed by atoms with Crippen LogP contribution in [-0.2, 0) is 11.4 Å². The summed E-state index contributed by atoms with van der Waals surface area (Å²) in [7, 11) is 4.60. The number of amides is 1. The van der Waals surface area contributed by atoms with Gasteiger partial charge in [0.05, 0.1) is 26.9 Å². The molecule has 1 amide bonds. The molecule has 0 fully saturated rings. The van der Waals surface area contributed by atoms with Crippen molar-refractivity contribution in [3.8, 4) is 23.0 Å². The molecule has 0 unspecified atom stereocenters. The summed E-state index contributed by atoms with van der Waals surface area (Å²) in [4.78, 5) is 12.5. The topological polar surface area (TPSA) is 78.7 Å². The highest BCUT2D eigenvalue weighted by Gasteiger charge is 2.26. The summed E-state index contributed by atoms with van der Waals surface area (Å²) in [6.45, 7) is 0.461. The van der Waals surface area contributed by atoms with Gasteiger partial charge in [0.25, 0.3) is 5.91 Å². The molecule has 32 heavy (non-hydrogen) atoms. The molecule has 7 nitrogen and oxygen atoms in total. The Morgan fingerprint density at radius 2 is 1.41 bits per heavy atom. The van der Waals surface area contributed by atoms with Crippen LogP contribution >= 0.6 is 0 Å². The van der Waals surface area contributed by atoms with E-state index in [1.807, 2.05) is 54.6 Å². The second kappa shape index (κ2) is 9.34. The predicted octanol–water partition coefficient (Wildman–Crippen LogP) is 5.15. The van der Waals surface area contributed by atoms with E-state index in [-0.39, 0.29) is 0 Å². The van der Waals surface area contributed by atoms with Crippen molar-refractivity contribution in [1.29, 1.82) is 0 Å². The SMILES string of the molecule is COc1cc(C2=C(c3ccc(OCc4ccccc4)cc3)C(=O)N=N2)cc(OC)c1OC. The second-order valence-corrected chi connectivity index (χ2v) is 6.94. The van der Waals surface area contributed by atoms with Crippen LogP contribution in [0.4, 0.5) is 0 Å². The molecular weight excluding hydrogens is 408 g/mol. The van der Waals surface area contributed by atoms with Crippen LogP contribution in [0.3, 0.4) is 0 Å². The third-order valence-electron chi connectivity index (χ3n) is 5.02. The van der Waals surface area contributed by atoms with Crippen LogP contribution in [0.2, 0.25) is 0 Å². The number of benzene rings is 3. The summed E-state index contributed by atoms with van der Waals surface area (Å²) < 4.78 is 22.1. The Labute approximate surface area is 185 Å². The molecule has 0 bridgehead atoms. The van der Waals surface area contributed by atoms with Crippen molar-refractivity contribution in [3.63, 3.8) is 0 Å². The van der Waals surface area contributed by atoms with Crippen LogP contribution in [0, 0.1) is 0 Å². The minimum atomic E-state index is -0.410. The fourth-order valence-electron chi connectivity index (χ4n) is 3.44. The normalized spacial score (nSPS) is 12.8. The van der Waals surface area contributed by atoms with Crippen molar-refractivity contribution in [1.82, 2.24) is 0 Å². The van der Waals surface area contributed by atoms with E-state index in [4.69, 9.17) is 18.9 Å². The number of nitrogens with zero attached hydrogens (tertiary/aromatic N) is 2. The van der Waals surface area contributed by atoms with E-state index in [2.05, 4.69) is 10.2 Å². The van der Waals surface area contributed by atoms with Crippen molar-refractivity contribution >= 4 is 17.2 Å². The maximum absolute atomic E-state index is 12.5. The maximum atomic E-state index is 12.5. The minimum Gasteiger partial charge on any atom is -0.493 e. The van der Waals surface area contributed by atoms with Gasteiger partial charge < -0.3 is 18.9 Å². The molecule has 162 valence electrons. The standard InChI is InChI=1S/C25H22N2O5/c1-29-20-13-18(14-21(30-2)24(20)31-3)23-22(25(28)27-26-23)17-9-11-19(12-10-17)32-15-16-7-5-4-6-8-16/h4-14H,15H2,1-3H3. The lowest BCUT2D eigenvalue weighted by Crippen LogP contribution is -1.99. The summed E-state index contributed by atoms with van der Waals surface area (Å²) in [5, 5.41) is 7.89. The molecule has 0 aromatic heterocycles. The van der Waals surface area contributed by atoms with E-state index < -0.39 is 5.91 Å². The molecule has 3 aromatic carbocycles. The van der Waals surface area contributed by atoms with Crippen molar-refractivity contribution in [2.45, 2.75) is 6.61 Å². The molecule has 4 rings (SSSR count). The van der Waals surface area contributed by atoms with E-state index >= 15 is 0 Å². The number of carbonyl (C=O) groups is 1. The summed E-state index contributed by atoms with van der Waals surface area (Å²) in [6.07, 6.45) is 0. The van der Waals surface area contributed by atoms with Crippen LogP contribution in [0.15, 0.2) is 77.0 Å². The highest BCUT2D eigenvalue weighted by atomic mass is 16.5. The van der Waals surface area contributed by atoms with E-state index in [9.17, 15) is 4.79 Å². The zero-order chi connectivity index (χ0) is 22.5. The molecule has 0 radical (unpaired) electrons. The van der Waals surface area contributed by atoms with Crippen LogP contribution in [0.25, 0.3) is 11.3 Å². The molecule has 0 saturated carbocycles. The van der Waals surface area contributed by atoms with Crippen molar-refractivity contribution in [2.24, 2.45) is 10.2 Å². The van der Waals surface area contributed by atoms with Crippen LogP contribution < -0.4 is 18.9 Å². The maximum Gasteiger partial charge on any atom is 0.298 e. The van der Waals surface area contributed by atoms with E-state index in [0.29, 0.717) is 52.0 Å². The molecule has 1 aliphatic heterocycles. The van der Waals surface area contributed by atoms with Crippen LogP contribution in [0.5, 0.6) is 23.0 Å². The molecule has 0 spiro atoms. The summed E-state index contributed by atoms with van der Waals surface area (Å²) in [5.41, 5.74) is 3.23. The first-order valence-corrected chi connectivity index (χ1v) is 9.92. The van der Waals surface area contributed by atoms with Crippen molar-refractivity contribution in [2.75, 3.05) is 21.3 Å². The fraction of sp³-hybridized carbons (Fsp3) is 0.160. The van der Waals surface area contributed by atoms with Gasteiger partial charge in [0, 0.05) is 5.56 Å². The van der Waals surface area contributed by atoms with Gasteiger partial charge in [-0.05, 0) is 35.4 Å². The predicted molar refractivity (Wildman–Crippen MR) is 120 cm³/mol. The number of ether oxygens (including phenoxy) is 4. The van der Waals surface area contributed by atoms with E-state index in [1.54, 1.807) is 12.1 Å². The second-order valence-electron chi connectivity index (χ2n) is 6.94. The Kier molecular flexibility index (Phi) is 6.17. The number of methoxy groups -OCH3 is 3. The third kappa shape index (κ3) is 4.18. The summed E-state index contributed by atoms with van der Waals surface area (Å²) in [6, 6.07) is 20.7.